The summed E-state index contributed by atoms with van der Waals surface area (Å²) in [5.74, 6) is 0. The molecule has 2 nitrogen and oxygen atoms in total. The maximum absolute atomic E-state index is 6.36. The summed E-state index contributed by atoms with van der Waals surface area (Å²) in [6.45, 7) is 6.44. The second-order valence-corrected chi connectivity index (χ2v) is 6.17. The molecule has 0 radical (unpaired) electrons. The molecule has 3 heteroatoms. The van der Waals surface area contributed by atoms with E-state index in [0.29, 0.717) is 5.15 Å². The number of pyridine rings is 2. The minimum atomic E-state index is -0.00846. The maximum Gasteiger partial charge on any atom is 0.133 e. The summed E-state index contributed by atoms with van der Waals surface area (Å²) in [6, 6.07) is 8.28. The highest BCUT2D eigenvalue weighted by Gasteiger charge is 2.19. The number of benzene rings is 1. The largest absolute Gasteiger partial charge is 0.264 e. The minimum Gasteiger partial charge on any atom is -0.264 e. The summed E-state index contributed by atoms with van der Waals surface area (Å²) in [7, 11) is 0. The van der Waals surface area contributed by atoms with Crippen LogP contribution in [0.15, 0.2) is 36.7 Å². The molecule has 1 aromatic carbocycles. The standard InChI is InChI=1S/C16H15ClN2/c1-16(2,3)13-8-10-4-5-11-9-18-7-6-12(11)14(10)19-15(13)17/h4-9H,1-3H3. The molecule has 2 heterocycles. The Morgan fingerprint density at radius 1 is 1.05 bits per heavy atom. The van der Waals surface area contributed by atoms with Crippen LogP contribution in [0.25, 0.3) is 21.7 Å². The van der Waals surface area contributed by atoms with Crippen molar-refractivity contribution in [3.8, 4) is 0 Å². The third-order valence-electron chi connectivity index (χ3n) is 3.36. The first-order chi connectivity index (χ1) is 8.97. The van der Waals surface area contributed by atoms with E-state index in [0.717, 1.165) is 27.2 Å². The molecule has 0 N–H and O–H groups in total. The summed E-state index contributed by atoms with van der Waals surface area (Å²) in [5.41, 5.74) is 2.01. The van der Waals surface area contributed by atoms with Gasteiger partial charge in [-0.25, -0.2) is 4.98 Å². The Labute approximate surface area is 117 Å². The third kappa shape index (κ3) is 2.06. The molecule has 0 spiro atoms. The Hall–Kier alpha value is -1.67. The van der Waals surface area contributed by atoms with Crippen LogP contribution in [0.5, 0.6) is 0 Å². The lowest BCUT2D eigenvalue weighted by atomic mass is 9.87. The summed E-state index contributed by atoms with van der Waals surface area (Å²) in [4.78, 5) is 8.75. The monoisotopic (exact) mass is 270 g/mol. The maximum atomic E-state index is 6.36. The van der Waals surface area contributed by atoms with Gasteiger partial charge in [-0.2, -0.15) is 0 Å². The second kappa shape index (κ2) is 4.17. The van der Waals surface area contributed by atoms with E-state index in [1.54, 1.807) is 6.20 Å². The molecule has 0 saturated heterocycles. The van der Waals surface area contributed by atoms with Crippen molar-refractivity contribution in [2.24, 2.45) is 0 Å². The van der Waals surface area contributed by atoms with Gasteiger partial charge in [-0.15, -0.1) is 0 Å². The molecule has 0 aliphatic heterocycles. The van der Waals surface area contributed by atoms with Gasteiger partial charge in [0.2, 0.25) is 0 Å². The van der Waals surface area contributed by atoms with Crippen LogP contribution in [-0.2, 0) is 5.41 Å². The van der Waals surface area contributed by atoms with Gasteiger partial charge in [0.25, 0.3) is 0 Å². The van der Waals surface area contributed by atoms with E-state index in [1.165, 1.54) is 0 Å². The molecule has 0 atom stereocenters. The fraction of sp³-hybridized carbons (Fsp3) is 0.250. The summed E-state index contributed by atoms with van der Waals surface area (Å²) >= 11 is 6.36. The van der Waals surface area contributed by atoms with Crippen LogP contribution in [0, 0.1) is 0 Å². The Bertz CT molecular complexity index is 773. The molecule has 96 valence electrons. The molecular formula is C16H15ClN2. The SMILES string of the molecule is CC(C)(C)c1cc2ccc3cnccc3c2nc1Cl. The van der Waals surface area contributed by atoms with E-state index in [2.05, 4.69) is 48.9 Å². The highest BCUT2D eigenvalue weighted by Crippen LogP contribution is 2.33. The van der Waals surface area contributed by atoms with E-state index in [1.807, 2.05) is 12.3 Å². The second-order valence-electron chi connectivity index (χ2n) is 5.81. The fourth-order valence-corrected chi connectivity index (χ4v) is 2.73. The van der Waals surface area contributed by atoms with Gasteiger partial charge in [-0.1, -0.05) is 44.5 Å². The zero-order chi connectivity index (χ0) is 13.6. The van der Waals surface area contributed by atoms with Crippen molar-refractivity contribution >= 4 is 33.3 Å². The first-order valence-electron chi connectivity index (χ1n) is 6.30. The third-order valence-corrected chi connectivity index (χ3v) is 3.65. The molecule has 0 amide bonds. The number of hydrogen-bond donors (Lipinski definition) is 0. The number of fused-ring (bicyclic) bond motifs is 3. The van der Waals surface area contributed by atoms with Crippen LogP contribution >= 0.6 is 11.6 Å². The van der Waals surface area contributed by atoms with Crippen LogP contribution in [0.3, 0.4) is 0 Å². The molecule has 2 aromatic heterocycles. The molecule has 0 aliphatic carbocycles. The number of halogens is 1. The van der Waals surface area contributed by atoms with Gasteiger partial charge < -0.3 is 0 Å². The van der Waals surface area contributed by atoms with Crippen molar-refractivity contribution in [1.82, 2.24) is 9.97 Å². The van der Waals surface area contributed by atoms with Gasteiger partial charge >= 0.3 is 0 Å². The minimum absolute atomic E-state index is 0.00846. The van der Waals surface area contributed by atoms with Crippen LogP contribution in [-0.4, -0.2) is 9.97 Å². The zero-order valence-electron chi connectivity index (χ0n) is 11.2. The lowest BCUT2D eigenvalue weighted by Gasteiger charge is -2.20. The topological polar surface area (TPSA) is 25.8 Å². The van der Waals surface area contributed by atoms with Gasteiger partial charge in [-0.05, 0) is 23.1 Å². The predicted molar refractivity (Wildman–Crippen MR) is 80.8 cm³/mol. The van der Waals surface area contributed by atoms with Crippen LogP contribution in [0.4, 0.5) is 0 Å². The highest BCUT2D eigenvalue weighted by atomic mass is 35.5. The Balaban J connectivity index is 2.41. The molecule has 0 unspecified atom stereocenters. The molecule has 0 saturated carbocycles. The van der Waals surface area contributed by atoms with E-state index in [9.17, 15) is 0 Å². The number of nitrogens with zero attached hydrogens (tertiary/aromatic N) is 2. The lowest BCUT2D eigenvalue weighted by Crippen LogP contribution is -2.12. The van der Waals surface area contributed by atoms with E-state index >= 15 is 0 Å². The van der Waals surface area contributed by atoms with Crippen molar-refractivity contribution in [2.45, 2.75) is 26.2 Å². The Kier molecular flexibility index (Phi) is 2.72. The average Bonchev–Trinajstić information content (AvgIpc) is 2.36. The van der Waals surface area contributed by atoms with Gasteiger partial charge in [-0.3, -0.25) is 4.98 Å². The first-order valence-corrected chi connectivity index (χ1v) is 6.68. The summed E-state index contributed by atoms with van der Waals surface area (Å²) in [6.07, 6.45) is 3.64. The molecule has 3 rings (SSSR count). The average molecular weight is 271 g/mol. The Morgan fingerprint density at radius 2 is 1.79 bits per heavy atom. The van der Waals surface area contributed by atoms with Crippen LogP contribution in [0.2, 0.25) is 5.15 Å². The Morgan fingerprint density at radius 3 is 2.53 bits per heavy atom. The summed E-state index contributed by atoms with van der Waals surface area (Å²) in [5, 5.41) is 3.88. The lowest BCUT2D eigenvalue weighted by molar-refractivity contribution is 0.589. The number of aromatic nitrogens is 2. The molecule has 0 fully saturated rings. The first kappa shape index (κ1) is 12.4. The number of rotatable bonds is 0. The highest BCUT2D eigenvalue weighted by molar-refractivity contribution is 6.31. The molecule has 19 heavy (non-hydrogen) atoms. The van der Waals surface area contributed by atoms with Crippen LogP contribution < -0.4 is 0 Å². The van der Waals surface area contributed by atoms with Crippen molar-refractivity contribution in [3.63, 3.8) is 0 Å². The smallest absolute Gasteiger partial charge is 0.133 e. The molecule has 0 aliphatic rings. The van der Waals surface area contributed by atoms with Crippen LogP contribution in [0.1, 0.15) is 26.3 Å². The van der Waals surface area contributed by atoms with Crippen molar-refractivity contribution in [2.75, 3.05) is 0 Å². The summed E-state index contributed by atoms with van der Waals surface area (Å²) < 4.78 is 0. The molecular weight excluding hydrogens is 256 g/mol. The fourth-order valence-electron chi connectivity index (χ4n) is 2.31. The van der Waals surface area contributed by atoms with Gasteiger partial charge in [0.15, 0.2) is 0 Å². The quantitative estimate of drug-likeness (QED) is 0.436. The van der Waals surface area contributed by atoms with Crippen molar-refractivity contribution in [1.29, 1.82) is 0 Å². The zero-order valence-corrected chi connectivity index (χ0v) is 12.0. The predicted octanol–water partition coefficient (Wildman–Crippen LogP) is 4.73. The van der Waals surface area contributed by atoms with E-state index < -0.39 is 0 Å². The van der Waals surface area contributed by atoms with E-state index in [-0.39, 0.29) is 5.41 Å². The van der Waals surface area contributed by atoms with Gasteiger partial charge in [0.05, 0.1) is 5.52 Å². The number of hydrogen-bond acceptors (Lipinski definition) is 2. The van der Waals surface area contributed by atoms with E-state index in [4.69, 9.17) is 11.6 Å². The van der Waals surface area contributed by atoms with Gasteiger partial charge in [0, 0.05) is 28.6 Å². The normalized spacial score (nSPS) is 12.2. The van der Waals surface area contributed by atoms with Gasteiger partial charge in [0.1, 0.15) is 5.15 Å². The molecule has 0 bridgehead atoms. The molecule has 3 aromatic rings. The van der Waals surface area contributed by atoms with Crippen molar-refractivity contribution < 1.29 is 0 Å². The van der Waals surface area contributed by atoms with Crippen molar-refractivity contribution in [3.05, 3.63) is 47.4 Å².